The summed E-state index contributed by atoms with van der Waals surface area (Å²) in [6, 6.07) is 20.9. The van der Waals surface area contributed by atoms with Crippen molar-refractivity contribution >= 4 is 44.7 Å². The van der Waals surface area contributed by atoms with Gasteiger partial charge in [-0.3, -0.25) is 4.79 Å². The molecular formula is C28H31N5O3S3. The SMILES string of the molecule is O=C(CSc1nnc(Cc2cccs2)n1CCc1ccccc1)Nc1cccc(S(=O)(=O)N2CCCCC2)c1. The van der Waals surface area contributed by atoms with Crippen LogP contribution in [0, 0.1) is 0 Å². The molecule has 4 aromatic rings. The number of sulfonamides is 1. The monoisotopic (exact) mass is 581 g/mol. The van der Waals surface area contributed by atoms with Gasteiger partial charge >= 0.3 is 0 Å². The molecule has 0 radical (unpaired) electrons. The molecule has 3 heterocycles. The minimum atomic E-state index is -3.57. The Bertz CT molecular complexity index is 1480. The third-order valence-corrected chi connectivity index (χ3v) is 10.3. The third kappa shape index (κ3) is 7.16. The largest absolute Gasteiger partial charge is 0.325 e. The lowest BCUT2D eigenvalue weighted by atomic mass is 10.1. The average molecular weight is 582 g/mol. The van der Waals surface area contributed by atoms with Crippen molar-refractivity contribution in [3.8, 4) is 0 Å². The molecule has 1 fully saturated rings. The predicted molar refractivity (Wildman–Crippen MR) is 156 cm³/mol. The molecule has 5 rings (SSSR count). The number of amides is 1. The van der Waals surface area contributed by atoms with Gasteiger partial charge in [-0.25, -0.2) is 8.42 Å². The quantitative estimate of drug-likeness (QED) is 0.248. The summed E-state index contributed by atoms with van der Waals surface area (Å²) < 4.78 is 29.7. The van der Waals surface area contributed by atoms with E-state index in [0.29, 0.717) is 36.9 Å². The number of thioether (sulfide) groups is 1. The zero-order valence-corrected chi connectivity index (χ0v) is 24.0. The number of hydrogen-bond donors (Lipinski definition) is 1. The number of benzene rings is 2. The summed E-state index contributed by atoms with van der Waals surface area (Å²) in [5, 5.41) is 14.4. The van der Waals surface area contributed by atoms with Crippen LogP contribution in [-0.2, 0) is 34.2 Å². The molecular weight excluding hydrogens is 551 g/mol. The van der Waals surface area contributed by atoms with E-state index in [4.69, 9.17) is 0 Å². The fraction of sp³-hybridized carbons (Fsp3) is 0.321. The van der Waals surface area contributed by atoms with Crippen molar-refractivity contribution in [3.63, 3.8) is 0 Å². The molecule has 1 aliphatic rings. The lowest BCUT2D eigenvalue weighted by molar-refractivity contribution is -0.113. The average Bonchev–Trinajstić information content (AvgIpc) is 3.62. The van der Waals surface area contributed by atoms with Crippen molar-refractivity contribution in [2.45, 2.75) is 48.7 Å². The van der Waals surface area contributed by atoms with E-state index in [2.05, 4.69) is 38.3 Å². The number of aromatic nitrogens is 3. The molecule has 0 atom stereocenters. The van der Waals surface area contributed by atoms with Crippen LogP contribution in [0.4, 0.5) is 5.69 Å². The van der Waals surface area contributed by atoms with Gasteiger partial charge in [0.25, 0.3) is 0 Å². The van der Waals surface area contributed by atoms with Crippen LogP contribution in [0.1, 0.15) is 35.5 Å². The summed E-state index contributed by atoms with van der Waals surface area (Å²) in [6.07, 6.45) is 4.31. The first-order valence-corrected chi connectivity index (χ1v) is 16.3. The Morgan fingerprint density at radius 1 is 0.974 bits per heavy atom. The molecule has 8 nitrogen and oxygen atoms in total. The highest BCUT2D eigenvalue weighted by Crippen LogP contribution is 2.24. The summed E-state index contributed by atoms with van der Waals surface area (Å²) in [4.78, 5) is 14.3. The molecule has 2 aromatic carbocycles. The van der Waals surface area contributed by atoms with Crippen molar-refractivity contribution in [1.29, 1.82) is 0 Å². The van der Waals surface area contributed by atoms with E-state index in [-0.39, 0.29) is 16.6 Å². The predicted octanol–water partition coefficient (Wildman–Crippen LogP) is 5.08. The topological polar surface area (TPSA) is 97.2 Å². The maximum atomic E-state index is 13.0. The van der Waals surface area contributed by atoms with Crippen LogP contribution in [0.3, 0.4) is 0 Å². The number of hydrogen-bond acceptors (Lipinski definition) is 7. The van der Waals surface area contributed by atoms with Gasteiger partial charge in [0.2, 0.25) is 15.9 Å². The number of piperidine rings is 1. The molecule has 1 aliphatic heterocycles. The van der Waals surface area contributed by atoms with Gasteiger partial charge in [0, 0.05) is 36.6 Å². The van der Waals surface area contributed by atoms with Gasteiger partial charge in [-0.1, -0.05) is 60.6 Å². The van der Waals surface area contributed by atoms with Gasteiger partial charge in [-0.15, -0.1) is 21.5 Å². The van der Waals surface area contributed by atoms with Crippen molar-refractivity contribution in [2.24, 2.45) is 0 Å². The summed E-state index contributed by atoms with van der Waals surface area (Å²) in [5.41, 5.74) is 1.68. The number of aryl methyl sites for hydroxylation is 1. The van der Waals surface area contributed by atoms with E-state index in [1.54, 1.807) is 29.5 Å². The number of nitrogens with one attached hydrogen (secondary N) is 1. The number of carbonyl (C=O) groups excluding carboxylic acids is 1. The second kappa shape index (κ2) is 12.9. The van der Waals surface area contributed by atoms with Crippen molar-refractivity contribution in [3.05, 3.63) is 88.4 Å². The zero-order valence-electron chi connectivity index (χ0n) is 21.5. The highest BCUT2D eigenvalue weighted by Gasteiger charge is 2.26. The first-order valence-electron chi connectivity index (χ1n) is 13.0. The highest BCUT2D eigenvalue weighted by molar-refractivity contribution is 7.99. The van der Waals surface area contributed by atoms with E-state index in [0.717, 1.165) is 31.5 Å². The number of rotatable bonds is 11. The number of nitrogens with zero attached hydrogens (tertiary/aromatic N) is 4. The van der Waals surface area contributed by atoms with Crippen molar-refractivity contribution in [2.75, 3.05) is 24.2 Å². The van der Waals surface area contributed by atoms with E-state index in [1.807, 2.05) is 29.6 Å². The van der Waals surface area contributed by atoms with Gasteiger partial charge < -0.3 is 9.88 Å². The van der Waals surface area contributed by atoms with Crippen LogP contribution < -0.4 is 5.32 Å². The van der Waals surface area contributed by atoms with Gasteiger partial charge in [0.05, 0.1) is 10.6 Å². The minimum absolute atomic E-state index is 0.131. The Morgan fingerprint density at radius 3 is 2.56 bits per heavy atom. The fourth-order valence-corrected chi connectivity index (χ4v) is 7.60. The summed E-state index contributed by atoms with van der Waals surface area (Å²) >= 11 is 3.01. The molecule has 204 valence electrons. The molecule has 2 aromatic heterocycles. The summed E-state index contributed by atoms with van der Waals surface area (Å²) in [7, 11) is -3.57. The van der Waals surface area contributed by atoms with Crippen LogP contribution in [-0.4, -0.2) is 52.2 Å². The Balaban J connectivity index is 1.25. The van der Waals surface area contributed by atoms with E-state index >= 15 is 0 Å². The van der Waals surface area contributed by atoms with Gasteiger partial charge in [0.15, 0.2) is 5.16 Å². The normalized spacial score (nSPS) is 14.4. The Kier molecular flexibility index (Phi) is 9.13. The number of anilines is 1. The minimum Gasteiger partial charge on any atom is -0.325 e. The van der Waals surface area contributed by atoms with Crippen LogP contribution in [0.25, 0.3) is 0 Å². The second-order valence-corrected chi connectivity index (χ2v) is 13.3. The lowest BCUT2D eigenvalue weighted by Gasteiger charge is -2.26. The maximum absolute atomic E-state index is 13.0. The summed E-state index contributed by atoms with van der Waals surface area (Å²) in [6.45, 7) is 1.78. The van der Waals surface area contributed by atoms with Crippen LogP contribution in [0.5, 0.6) is 0 Å². The Hall–Kier alpha value is -2.99. The number of carbonyl (C=O) groups is 1. The van der Waals surface area contributed by atoms with Gasteiger partial charge in [0.1, 0.15) is 5.82 Å². The van der Waals surface area contributed by atoms with E-state index in [9.17, 15) is 13.2 Å². The molecule has 1 N–H and O–H groups in total. The molecule has 1 amide bonds. The van der Waals surface area contributed by atoms with Crippen LogP contribution >= 0.6 is 23.1 Å². The summed E-state index contributed by atoms with van der Waals surface area (Å²) in [5.74, 6) is 0.766. The Morgan fingerprint density at radius 2 is 1.79 bits per heavy atom. The number of thiophene rings is 1. The van der Waals surface area contributed by atoms with E-state index in [1.165, 1.54) is 32.6 Å². The Labute approximate surface area is 237 Å². The molecule has 0 unspecified atom stereocenters. The molecule has 0 bridgehead atoms. The van der Waals surface area contributed by atoms with Gasteiger partial charge in [-0.05, 0) is 54.5 Å². The first kappa shape index (κ1) is 27.6. The van der Waals surface area contributed by atoms with Crippen molar-refractivity contribution < 1.29 is 13.2 Å². The third-order valence-electron chi connectivity index (χ3n) is 6.58. The standard InChI is InChI=1S/C28H31N5O3S3/c34-27(29-23-11-7-13-25(19-23)39(35,36)32-15-5-2-6-16-32)21-38-28-31-30-26(20-24-12-8-18-37-24)33(28)17-14-22-9-3-1-4-10-22/h1,3-4,7-13,18-19H,2,5-6,14-17,20-21H2,(H,29,34). The van der Waals surface area contributed by atoms with Crippen LogP contribution in [0.2, 0.25) is 0 Å². The second-order valence-electron chi connectivity index (χ2n) is 9.37. The zero-order chi connectivity index (χ0) is 27.1. The van der Waals surface area contributed by atoms with Crippen LogP contribution in [0.15, 0.2) is 82.2 Å². The molecule has 39 heavy (non-hydrogen) atoms. The van der Waals surface area contributed by atoms with Gasteiger partial charge in [-0.2, -0.15) is 4.31 Å². The molecule has 0 saturated carbocycles. The lowest BCUT2D eigenvalue weighted by Crippen LogP contribution is -2.35. The highest BCUT2D eigenvalue weighted by atomic mass is 32.2. The van der Waals surface area contributed by atoms with E-state index < -0.39 is 10.0 Å². The van der Waals surface area contributed by atoms with Crippen molar-refractivity contribution in [1.82, 2.24) is 19.1 Å². The first-order chi connectivity index (χ1) is 19.0. The maximum Gasteiger partial charge on any atom is 0.243 e. The molecule has 11 heteroatoms. The molecule has 0 spiro atoms. The smallest absolute Gasteiger partial charge is 0.243 e. The molecule has 1 saturated heterocycles. The fourth-order valence-electron chi connectivity index (χ4n) is 4.55. The molecule has 0 aliphatic carbocycles.